The smallest absolute Gasteiger partial charge is 0.227 e. The van der Waals surface area contributed by atoms with Gasteiger partial charge in [0.25, 0.3) is 0 Å². The molecule has 1 aromatic heterocycles. The molecule has 0 radical (unpaired) electrons. The Morgan fingerprint density at radius 1 is 1.50 bits per heavy atom. The number of hydrogen-bond donors (Lipinski definition) is 0. The molecule has 1 aliphatic carbocycles. The van der Waals surface area contributed by atoms with Gasteiger partial charge in [-0.15, -0.1) is 0 Å². The van der Waals surface area contributed by atoms with Gasteiger partial charge in [-0.05, 0) is 31.4 Å². The SMILES string of the molecule is COc1cccc(Cl)c1CC(=O)N(C)[C@H]1CCCc2c1cnn2C. The fraction of sp³-hybridized carbons (Fsp3) is 0.444. The molecular formula is C18H22ClN3O2. The standard InChI is InChI=1S/C18H22ClN3O2/c1-21(15-7-5-8-16-13(15)11-20-22(16)2)18(23)10-12-14(19)6-4-9-17(12)24-3/h4,6,9,11,15H,5,7-8,10H2,1-3H3/t15-/m0/s1. The van der Waals surface area contributed by atoms with E-state index in [4.69, 9.17) is 16.3 Å². The third kappa shape index (κ3) is 3.00. The number of ether oxygens (including phenoxy) is 1. The maximum atomic E-state index is 12.8. The Morgan fingerprint density at radius 2 is 2.29 bits per heavy atom. The second-order valence-corrected chi connectivity index (χ2v) is 6.59. The Bertz CT molecular complexity index is 757. The highest BCUT2D eigenvalue weighted by Crippen LogP contribution is 2.34. The lowest BCUT2D eigenvalue weighted by Gasteiger charge is -2.31. The Morgan fingerprint density at radius 3 is 3.04 bits per heavy atom. The molecular weight excluding hydrogens is 326 g/mol. The molecule has 0 saturated heterocycles. The number of fused-ring (bicyclic) bond motifs is 1. The van der Waals surface area contributed by atoms with Crippen LogP contribution in [-0.2, 0) is 24.7 Å². The molecule has 5 nitrogen and oxygen atoms in total. The van der Waals surface area contributed by atoms with Crippen LogP contribution in [0.4, 0.5) is 0 Å². The minimum Gasteiger partial charge on any atom is -0.496 e. The molecule has 0 fully saturated rings. The molecule has 1 aliphatic rings. The van der Waals surface area contributed by atoms with E-state index in [0.29, 0.717) is 10.8 Å². The molecule has 128 valence electrons. The second kappa shape index (κ2) is 6.85. The molecule has 1 aromatic carbocycles. The second-order valence-electron chi connectivity index (χ2n) is 6.18. The van der Waals surface area contributed by atoms with Gasteiger partial charge in [0.05, 0.1) is 25.8 Å². The van der Waals surface area contributed by atoms with Gasteiger partial charge in [-0.3, -0.25) is 9.48 Å². The van der Waals surface area contributed by atoms with Crippen molar-refractivity contribution in [3.8, 4) is 5.75 Å². The van der Waals surface area contributed by atoms with Gasteiger partial charge < -0.3 is 9.64 Å². The van der Waals surface area contributed by atoms with Crippen molar-refractivity contribution in [2.24, 2.45) is 7.05 Å². The summed E-state index contributed by atoms with van der Waals surface area (Å²) in [5, 5.41) is 4.91. The zero-order chi connectivity index (χ0) is 17.3. The fourth-order valence-electron chi connectivity index (χ4n) is 3.44. The lowest BCUT2D eigenvalue weighted by atomic mass is 9.91. The quantitative estimate of drug-likeness (QED) is 0.853. The number of nitrogens with zero attached hydrogens (tertiary/aromatic N) is 3. The first-order valence-corrected chi connectivity index (χ1v) is 8.48. The van der Waals surface area contributed by atoms with Gasteiger partial charge >= 0.3 is 0 Å². The van der Waals surface area contributed by atoms with Crippen molar-refractivity contribution in [1.29, 1.82) is 0 Å². The van der Waals surface area contributed by atoms with Gasteiger partial charge in [0.2, 0.25) is 5.91 Å². The molecule has 2 aromatic rings. The van der Waals surface area contributed by atoms with Crippen LogP contribution in [-0.4, -0.2) is 34.7 Å². The topological polar surface area (TPSA) is 47.4 Å². The molecule has 0 aliphatic heterocycles. The van der Waals surface area contributed by atoms with Gasteiger partial charge in [0.1, 0.15) is 5.75 Å². The summed E-state index contributed by atoms with van der Waals surface area (Å²) in [4.78, 5) is 14.7. The normalized spacial score (nSPS) is 16.6. The first-order valence-electron chi connectivity index (χ1n) is 8.10. The van der Waals surface area contributed by atoms with E-state index in [1.807, 2.05) is 42.0 Å². The lowest BCUT2D eigenvalue weighted by Crippen LogP contribution is -2.34. The average molecular weight is 348 g/mol. The number of methoxy groups -OCH3 is 1. The summed E-state index contributed by atoms with van der Waals surface area (Å²) in [5.74, 6) is 0.679. The van der Waals surface area contributed by atoms with Crippen molar-refractivity contribution in [2.45, 2.75) is 31.7 Å². The average Bonchev–Trinajstić information content (AvgIpc) is 2.97. The number of benzene rings is 1. The van der Waals surface area contributed by atoms with E-state index in [1.54, 1.807) is 13.2 Å². The van der Waals surface area contributed by atoms with Crippen LogP contribution >= 0.6 is 11.6 Å². The van der Waals surface area contributed by atoms with Crippen molar-refractivity contribution in [3.05, 3.63) is 46.2 Å². The van der Waals surface area contributed by atoms with Crippen molar-refractivity contribution in [3.63, 3.8) is 0 Å². The molecule has 0 bridgehead atoms. The fourth-order valence-corrected chi connectivity index (χ4v) is 3.67. The number of aromatic nitrogens is 2. The summed E-state index contributed by atoms with van der Waals surface area (Å²) >= 11 is 6.26. The summed E-state index contributed by atoms with van der Waals surface area (Å²) in [6.45, 7) is 0. The molecule has 0 N–H and O–H groups in total. The summed E-state index contributed by atoms with van der Waals surface area (Å²) in [6, 6.07) is 5.51. The van der Waals surface area contributed by atoms with Crippen molar-refractivity contribution < 1.29 is 9.53 Å². The Balaban J connectivity index is 1.82. The Kier molecular flexibility index (Phi) is 4.81. The summed E-state index contributed by atoms with van der Waals surface area (Å²) < 4.78 is 7.26. The minimum absolute atomic E-state index is 0.0307. The molecule has 0 spiro atoms. The molecule has 0 unspecified atom stereocenters. The molecule has 6 heteroatoms. The summed E-state index contributed by atoms with van der Waals surface area (Å²) in [7, 11) is 5.41. The highest BCUT2D eigenvalue weighted by atomic mass is 35.5. The number of halogens is 1. The van der Waals surface area contributed by atoms with Gasteiger partial charge in [-0.25, -0.2) is 0 Å². The number of carbonyl (C=O) groups excluding carboxylic acids is 1. The van der Waals surface area contributed by atoms with Gasteiger partial charge in [0, 0.05) is 35.9 Å². The molecule has 24 heavy (non-hydrogen) atoms. The van der Waals surface area contributed by atoms with Crippen molar-refractivity contribution in [2.75, 3.05) is 14.2 Å². The van der Waals surface area contributed by atoms with Gasteiger partial charge in [-0.1, -0.05) is 17.7 Å². The van der Waals surface area contributed by atoms with E-state index in [9.17, 15) is 4.79 Å². The summed E-state index contributed by atoms with van der Waals surface area (Å²) in [5.41, 5.74) is 3.12. The first kappa shape index (κ1) is 16.8. The van der Waals surface area contributed by atoms with E-state index >= 15 is 0 Å². The monoisotopic (exact) mass is 347 g/mol. The lowest BCUT2D eigenvalue weighted by molar-refractivity contribution is -0.131. The Labute approximate surface area is 147 Å². The van der Waals surface area contributed by atoms with Crippen LogP contribution < -0.4 is 4.74 Å². The van der Waals surface area contributed by atoms with Gasteiger partial charge in [-0.2, -0.15) is 5.10 Å². The minimum atomic E-state index is 0.0307. The van der Waals surface area contributed by atoms with E-state index < -0.39 is 0 Å². The van der Waals surface area contributed by atoms with E-state index in [0.717, 1.165) is 30.4 Å². The van der Waals surface area contributed by atoms with Crippen LogP contribution in [0.5, 0.6) is 5.75 Å². The maximum absolute atomic E-state index is 12.8. The predicted molar refractivity (Wildman–Crippen MR) is 93.4 cm³/mol. The van der Waals surface area contributed by atoms with Crippen LogP contribution in [0.15, 0.2) is 24.4 Å². The first-order chi connectivity index (χ1) is 11.5. The largest absolute Gasteiger partial charge is 0.496 e. The zero-order valence-electron chi connectivity index (χ0n) is 14.3. The van der Waals surface area contributed by atoms with E-state index in [-0.39, 0.29) is 18.4 Å². The van der Waals surface area contributed by atoms with Crippen molar-refractivity contribution >= 4 is 17.5 Å². The van der Waals surface area contributed by atoms with Gasteiger partial charge in [0.15, 0.2) is 0 Å². The third-order valence-corrected chi connectivity index (χ3v) is 5.18. The summed E-state index contributed by atoms with van der Waals surface area (Å²) in [6.07, 6.45) is 5.15. The highest BCUT2D eigenvalue weighted by Gasteiger charge is 2.29. The number of hydrogen-bond acceptors (Lipinski definition) is 3. The third-order valence-electron chi connectivity index (χ3n) is 4.83. The number of aryl methyl sites for hydroxylation is 1. The van der Waals surface area contributed by atoms with Crippen LogP contribution in [0.2, 0.25) is 5.02 Å². The van der Waals surface area contributed by atoms with E-state index in [2.05, 4.69) is 5.10 Å². The zero-order valence-corrected chi connectivity index (χ0v) is 15.0. The molecule has 0 saturated carbocycles. The molecule has 1 heterocycles. The van der Waals surface area contributed by atoms with E-state index in [1.165, 1.54) is 5.69 Å². The highest BCUT2D eigenvalue weighted by molar-refractivity contribution is 6.31. The molecule has 1 amide bonds. The molecule has 3 rings (SSSR count). The maximum Gasteiger partial charge on any atom is 0.227 e. The van der Waals surface area contributed by atoms with Crippen LogP contribution in [0.25, 0.3) is 0 Å². The van der Waals surface area contributed by atoms with Crippen LogP contribution in [0, 0.1) is 0 Å². The predicted octanol–water partition coefficient (Wildman–Crippen LogP) is 3.16. The van der Waals surface area contributed by atoms with Crippen LogP contribution in [0.1, 0.15) is 35.7 Å². The number of carbonyl (C=O) groups is 1. The Hall–Kier alpha value is -2.01. The number of rotatable bonds is 4. The molecule has 1 atom stereocenters. The number of likely N-dealkylation sites (N-methyl/N-ethyl adjacent to an activating group) is 1. The van der Waals surface area contributed by atoms with Crippen LogP contribution in [0.3, 0.4) is 0 Å². The number of amides is 1. The van der Waals surface area contributed by atoms with Crippen molar-refractivity contribution in [1.82, 2.24) is 14.7 Å².